The maximum Gasteiger partial charge on any atom is 0.259 e. The SMILES string of the molecule is COc1c(Cl)ccc(Cl)c1C(=O)N1CCC2(CC1)CC(=O)c1c(cc(C)c(Cl)c1C)O2. The number of carbonyl (C=O) groups is 2. The molecular formula is C23H22Cl3NO4. The van der Waals surface area contributed by atoms with Crippen molar-refractivity contribution in [3.05, 3.63) is 55.5 Å². The molecule has 0 aliphatic carbocycles. The second-order valence-electron chi connectivity index (χ2n) is 8.12. The molecule has 4 rings (SSSR count). The number of rotatable bonds is 2. The number of fused-ring (bicyclic) bond motifs is 1. The topological polar surface area (TPSA) is 55.8 Å². The van der Waals surface area contributed by atoms with E-state index in [1.54, 1.807) is 17.0 Å². The van der Waals surface area contributed by atoms with Crippen LogP contribution in [0.5, 0.6) is 11.5 Å². The monoisotopic (exact) mass is 481 g/mol. The van der Waals surface area contributed by atoms with E-state index in [4.69, 9.17) is 44.3 Å². The zero-order valence-corrected chi connectivity index (χ0v) is 19.7. The molecule has 8 heteroatoms. The number of hydrogen-bond donors (Lipinski definition) is 0. The van der Waals surface area contributed by atoms with E-state index in [1.807, 2.05) is 19.9 Å². The first-order valence-corrected chi connectivity index (χ1v) is 11.1. The molecule has 5 nitrogen and oxygen atoms in total. The van der Waals surface area contributed by atoms with Gasteiger partial charge in [0, 0.05) is 31.0 Å². The molecule has 0 atom stereocenters. The summed E-state index contributed by atoms with van der Waals surface area (Å²) in [4.78, 5) is 27.9. The highest BCUT2D eigenvalue weighted by atomic mass is 35.5. The third-order valence-electron chi connectivity index (χ3n) is 6.17. The Kier molecular flexibility index (Phi) is 5.88. The van der Waals surface area contributed by atoms with Crippen molar-refractivity contribution in [2.75, 3.05) is 20.2 Å². The van der Waals surface area contributed by atoms with Crippen molar-refractivity contribution in [1.82, 2.24) is 4.90 Å². The van der Waals surface area contributed by atoms with Gasteiger partial charge in [-0.2, -0.15) is 0 Å². The number of piperidine rings is 1. The number of ether oxygens (including phenoxy) is 2. The van der Waals surface area contributed by atoms with Crippen LogP contribution in [0.4, 0.5) is 0 Å². The van der Waals surface area contributed by atoms with Crippen LogP contribution in [-0.4, -0.2) is 42.4 Å². The lowest BCUT2D eigenvalue weighted by atomic mass is 9.81. The van der Waals surface area contributed by atoms with E-state index in [0.717, 1.165) is 11.1 Å². The molecule has 164 valence electrons. The summed E-state index contributed by atoms with van der Waals surface area (Å²) in [6.07, 6.45) is 1.33. The molecule has 0 unspecified atom stereocenters. The number of likely N-dealkylation sites (tertiary alicyclic amines) is 1. The Bertz CT molecular complexity index is 1090. The Labute approximate surface area is 196 Å². The van der Waals surface area contributed by atoms with E-state index in [2.05, 4.69) is 0 Å². The highest BCUT2D eigenvalue weighted by Crippen LogP contribution is 2.43. The first-order valence-electron chi connectivity index (χ1n) is 10.0. The third kappa shape index (κ3) is 3.77. The van der Waals surface area contributed by atoms with Gasteiger partial charge in [0.2, 0.25) is 0 Å². The number of Topliss-reactive ketones (excluding diaryl/α,β-unsaturated/α-hetero) is 1. The number of methoxy groups -OCH3 is 1. The normalized spacial score (nSPS) is 17.4. The van der Waals surface area contributed by atoms with Crippen molar-refractivity contribution in [2.24, 2.45) is 0 Å². The van der Waals surface area contributed by atoms with Crippen LogP contribution >= 0.6 is 34.8 Å². The Hall–Kier alpha value is -1.95. The molecule has 2 aliphatic heterocycles. The Morgan fingerprint density at radius 2 is 1.77 bits per heavy atom. The molecule has 1 fully saturated rings. The number of halogens is 3. The van der Waals surface area contributed by atoms with Crippen molar-refractivity contribution < 1.29 is 19.1 Å². The van der Waals surface area contributed by atoms with Gasteiger partial charge in [-0.05, 0) is 43.2 Å². The van der Waals surface area contributed by atoms with Gasteiger partial charge in [0.25, 0.3) is 5.91 Å². The molecule has 1 saturated heterocycles. The molecule has 0 N–H and O–H groups in total. The summed E-state index contributed by atoms with van der Waals surface area (Å²) < 4.78 is 11.7. The molecule has 31 heavy (non-hydrogen) atoms. The summed E-state index contributed by atoms with van der Waals surface area (Å²) in [5, 5.41) is 1.21. The van der Waals surface area contributed by atoms with Gasteiger partial charge in [-0.15, -0.1) is 0 Å². The molecule has 1 spiro atoms. The fraction of sp³-hybridized carbons (Fsp3) is 0.391. The van der Waals surface area contributed by atoms with Crippen LogP contribution in [0.25, 0.3) is 0 Å². The summed E-state index contributed by atoms with van der Waals surface area (Å²) in [5.74, 6) is 0.621. The number of nitrogens with zero attached hydrogens (tertiary/aromatic N) is 1. The first kappa shape index (κ1) is 22.3. The molecular weight excluding hydrogens is 461 g/mol. The van der Waals surface area contributed by atoms with E-state index in [-0.39, 0.29) is 34.4 Å². The molecule has 2 aromatic carbocycles. The third-order valence-corrected chi connectivity index (χ3v) is 7.37. The fourth-order valence-corrected chi connectivity index (χ4v) is 5.10. The van der Waals surface area contributed by atoms with Gasteiger partial charge < -0.3 is 14.4 Å². The van der Waals surface area contributed by atoms with Gasteiger partial charge in [0.15, 0.2) is 11.5 Å². The Balaban J connectivity index is 1.57. The zero-order chi connectivity index (χ0) is 22.5. The van der Waals surface area contributed by atoms with E-state index in [1.165, 1.54) is 7.11 Å². The van der Waals surface area contributed by atoms with Crippen LogP contribution in [0.15, 0.2) is 18.2 Å². The van der Waals surface area contributed by atoms with Gasteiger partial charge in [-0.1, -0.05) is 34.8 Å². The maximum absolute atomic E-state index is 13.2. The first-order chi connectivity index (χ1) is 14.7. The van der Waals surface area contributed by atoms with Crippen LogP contribution in [0.3, 0.4) is 0 Å². The number of amides is 1. The van der Waals surface area contributed by atoms with Crippen molar-refractivity contribution in [3.63, 3.8) is 0 Å². The molecule has 1 amide bonds. The van der Waals surface area contributed by atoms with Crippen LogP contribution in [0, 0.1) is 13.8 Å². The largest absolute Gasteiger partial charge is 0.494 e. The lowest BCUT2D eigenvalue weighted by molar-refractivity contribution is -0.00585. The average molecular weight is 483 g/mol. The zero-order valence-electron chi connectivity index (χ0n) is 17.5. The van der Waals surface area contributed by atoms with Gasteiger partial charge in [0.1, 0.15) is 16.9 Å². The van der Waals surface area contributed by atoms with Crippen LogP contribution in [-0.2, 0) is 0 Å². The lowest BCUT2D eigenvalue weighted by Gasteiger charge is -2.44. The van der Waals surface area contributed by atoms with E-state index in [9.17, 15) is 9.59 Å². The Morgan fingerprint density at radius 3 is 2.42 bits per heavy atom. The summed E-state index contributed by atoms with van der Waals surface area (Å²) in [6.45, 7) is 4.60. The molecule has 2 aliphatic rings. The Morgan fingerprint density at radius 1 is 1.13 bits per heavy atom. The minimum atomic E-state index is -0.629. The molecule has 2 heterocycles. The minimum absolute atomic E-state index is 0.0278. The molecule has 0 aromatic heterocycles. The summed E-state index contributed by atoms with van der Waals surface area (Å²) >= 11 is 18.8. The second kappa shape index (κ2) is 8.19. The predicted molar refractivity (Wildman–Crippen MR) is 121 cm³/mol. The molecule has 0 radical (unpaired) electrons. The van der Waals surface area contributed by atoms with Crippen molar-refractivity contribution in [2.45, 2.75) is 38.7 Å². The fourth-order valence-electron chi connectivity index (χ4n) is 4.49. The van der Waals surface area contributed by atoms with E-state index in [0.29, 0.717) is 47.3 Å². The number of benzene rings is 2. The highest BCUT2D eigenvalue weighted by Gasteiger charge is 2.45. The van der Waals surface area contributed by atoms with Crippen LogP contribution in [0.1, 0.15) is 51.1 Å². The predicted octanol–water partition coefficient (Wildman–Crippen LogP) is 5.91. The standard InChI is InChI=1S/C23H22Cl3NO4/c1-12-10-17-18(13(2)20(12)26)16(28)11-23(31-17)6-8-27(9-7-23)22(29)19-14(24)4-5-15(25)21(19)30-3/h4-5,10H,6-9,11H2,1-3H3. The molecule has 0 bridgehead atoms. The molecule has 2 aromatic rings. The molecule has 0 saturated carbocycles. The van der Waals surface area contributed by atoms with Crippen molar-refractivity contribution in [1.29, 1.82) is 0 Å². The number of ketones is 1. The average Bonchev–Trinajstić information content (AvgIpc) is 2.73. The quantitative estimate of drug-likeness (QED) is 0.534. The highest BCUT2D eigenvalue weighted by molar-refractivity contribution is 6.37. The summed E-state index contributed by atoms with van der Waals surface area (Å²) in [7, 11) is 1.45. The van der Waals surface area contributed by atoms with Crippen molar-refractivity contribution in [3.8, 4) is 11.5 Å². The maximum atomic E-state index is 13.2. The van der Waals surface area contributed by atoms with Gasteiger partial charge in [0.05, 0.1) is 29.1 Å². The lowest BCUT2D eigenvalue weighted by Crippen LogP contribution is -2.52. The second-order valence-corrected chi connectivity index (χ2v) is 9.31. The van der Waals surface area contributed by atoms with Crippen LogP contribution < -0.4 is 9.47 Å². The number of hydrogen-bond acceptors (Lipinski definition) is 4. The summed E-state index contributed by atoms with van der Waals surface area (Å²) in [6, 6.07) is 5.01. The summed E-state index contributed by atoms with van der Waals surface area (Å²) in [5.41, 5.74) is 1.81. The number of carbonyl (C=O) groups excluding carboxylic acids is 2. The minimum Gasteiger partial charge on any atom is -0.494 e. The van der Waals surface area contributed by atoms with E-state index < -0.39 is 5.60 Å². The van der Waals surface area contributed by atoms with Gasteiger partial charge in [-0.25, -0.2) is 0 Å². The van der Waals surface area contributed by atoms with Crippen LogP contribution in [0.2, 0.25) is 15.1 Å². The van der Waals surface area contributed by atoms with Gasteiger partial charge >= 0.3 is 0 Å². The van der Waals surface area contributed by atoms with E-state index >= 15 is 0 Å². The number of aryl methyl sites for hydroxylation is 1. The smallest absolute Gasteiger partial charge is 0.259 e. The van der Waals surface area contributed by atoms with Gasteiger partial charge in [-0.3, -0.25) is 9.59 Å². The van der Waals surface area contributed by atoms with Crippen molar-refractivity contribution >= 4 is 46.5 Å².